The van der Waals surface area contributed by atoms with Gasteiger partial charge < -0.3 is 14.7 Å². The number of hydrogen-bond donors (Lipinski definition) is 0. The lowest BCUT2D eigenvalue weighted by Gasteiger charge is -2.16. The first kappa shape index (κ1) is 20.2. The molecule has 0 fully saturated rings. The van der Waals surface area contributed by atoms with E-state index in [1.807, 2.05) is 0 Å². The average Bonchev–Trinajstić information content (AvgIpc) is 2.69. The molecule has 0 aliphatic rings. The smallest absolute Gasteiger partial charge is 0.166 e. The second kappa shape index (κ2) is 8.61. The molecule has 0 amide bonds. The van der Waals surface area contributed by atoms with Gasteiger partial charge >= 0.3 is 0 Å². The summed E-state index contributed by atoms with van der Waals surface area (Å²) in [4.78, 5) is 10.4. The Kier molecular flexibility index (Phi) is 6.20. The van der Waals surface area contributed by atoms with Gasteiger partial charge in [-0.1, -0.05) is 0 Å². The second-order valence-electron chi connectivity index (χ2n) is 7.47. The molecule has 0 radical (unpaired) electrons. The fourth-order valence-corrected chi connectivity index (χ4v) is 5.09. The summed E-state index contributed by atoms with van der Waals surface area (Å²) in [5, 5.41) is 0. The standard InChI is InChI=1S/C24H30N3S/c1-25(2)19-7-13-22(14-8-19)28(23-15-9-20(10-16-23)26(3)4)24-17-11-21(12-18-24)27(5)6/h7-18H,1-6H3/q+1. The van der Waals surface area contributed by atoms with E-state index in [-0.39, 0.29) is 10.9 Å². The van der Waals surface area contributed by atoms with Crippen LogP contribution in [-0.4, -0.2) is 42.3 Å². The highest BCUT2D eigenvalue weighted by Crippen LogP contribution is 2.33. The molecule has 0 N–H and O–H groups in total. The first-order chi connectivity index (χ1) is 13.4. The molecule has 0 aliphatic carbocycles. The normalized spacial score (nSPS) is 10.8. The number of rotatable bonds is 6. The molecule has 0 spiro atoms. The van der Waals surface area contributed by atoms with E-state index in [1.54, 1.807) is 0 Å². The van der Waals surface area contributed by atoms with Crippen molar-refractivity contribution in [1.82, 2.24) is 0 Å². The minimum Gasteiger partial charge on any atom is -0.378 e. The van der Waals surface area contributed by atoms with E-state index in [0.717, 1.165) is 0 Å². The van der Waals surface area contributed by atoms with Gasteiger partial charge in [-0.2, -0.15) is 0 Å². The molecule has 0 heterocycles. The zero-order valence-electron chi connectivity index (χ0n) is 17.7. The van der Waals surface area contributed by atoms with Crippen molar-refractivity contribution in [3.63, 3.8) is 0 Å². The fourth-order valence-electron chi connectivity index (χ4n) is 3.05. The van der Waals surface area contributed by atoms with Gasteiger partial charge in [0.25, 0.3) is 0 Å². The monoisotopic (exact) mass is 392 g/mol. The third-order valence-electron chi connectivity index (χ3n) is 4.77. The topological polar surface area (TPSA) is 9.72 Å². The molecular weight excluding hydrogens is 362 g/mol. The van der Waals surface area contributed by atoms with Gasteiger partial charge in [0.15, 0.2) is 14.7 Å². The summed E-state index contributed by atoms with van der Waals surface area (Å²) in [7, 11) is 12.3. The fraction of sp³-hybridized carbons (Fsp3) is 0.250. The molecule has 0 unspecified atom stereocenters. The third kappa shape index (κ3) is 4.45. The minimum atomic E-state index is -0.135. The van der Waals surface area contributed by atoms with E-state index in [2.05, 4.69) is 130 Å². The maximum Gasteiger partial charge on any atom is 0.166 e. The van der Waals surface area contributed by atoms with Gasteiger partial charge in [0.05, 0.1) is 10.9 Å². The van der Waals surface area contributed by atoms with Crippen LogP contribution < -0.4 is 14.7 Å². The van der Waals surface area contributed by atoms with Gasteiger partial charge in [0.2, 0.25) is 0 Å². The Hall–Kier alpha value is -2.59. The molecule has 0 atom stereocenters. The summed E-state index contributed by atoms with van der Waals surface area (Å²) < 4.78 is 0. The minimum absolute atomic E-state index is 0.135. The highest BCUT2D eigenvalue weighted by atomic mass is 32.2. The summed E-state index contributed by atoms with van der Waals surface area (Å²) in [6, 6.07) is 26.8. The molecule has 3 rings (SSSR count). The number of hydrogen-bond acceptors (Lipinski definition) is 3. The molecule has 0 saturated heterocycles. The highest BCUT2D eigenvalue weighted by molar-refractivity contribution is 7.97. The van der Waals surface area contributed by atoms with Crippen LogP contribution in [0.5, 0.6) is 0 Å². The highest BCUT2D eigenvalue weighted by Gasteiger charge is 2.28. The lowest BCUT2D eigenvalue weighted by Crippen LogP contribution is -2.11. The van der Waals surface area contributed by atoms with Gasteiger partial charge in [-0.05, 0) is 72.8 Å². The van der Waals surface area contributed by atoms with Crippen molar-refractivity contribution >= 4 is 28.0 Å². The Morgan fingerprint density at radius 3 is 0.786 bits per heavy atom. The Morgan fingerprint density at radius 1 is 0.393 bits per heavy atom. The van der Waals surface area contributed by atoms with Gasteiger partial charge in [0, 0.05) is 59.3 Å². The van der Waals surface area contributed by atoms with E-state index in [9.17, 15) is 0 Å². The molecule has 0 aliphatic heterocycles. The van der Waals surface area contributed by atoms with Gasteiger partial charge in [-0.3, -0.25) is 0 Å². The molecule has 3 nitrogen and oxygen atoms in total. The van der Waals surface area contributed by atoms with Crippen LogP contribution in [0, 0.1) is 0 Å². The zero-order chi connectivity index (χ0) is 20.3. The van der Waals surface area contributed by atoms with Crippen molar-refractivity contribution < 1.29 is 0 Å². The Balaban J connectivity index is 2.04. The van der Waals surface area contributed by atoms with Crippen LogP contribution in [0.15, 0.2) is 87.5 Å². The Bertz CT molecular complexity index is 760. The predicted molar refractivity (Wildman–Crippen MR) is 124 cm³/mol. The van der Waals surface area contributed by atoms with Gasteiger partial charge in [-0.25, -0.2) is 0 Å². The largest absolute Gasteiger partial charge is 0.378 e. The maximum absolute atomic E-state index is 2.26. The molecule has 4 heteroatoms. The van der Waals surface area contributed by atoms with Crippen molar-refractivity contribution in [1.29, 1.82) is 0 Å². The first-order valence-electron chi connectivity index (χ1n) is 9.43. The van der Waals surface area contributed by atoms with Crippen molar-refractivity contribution in [2.45, 2.75) is 14.7 Å². The van der Waals surface area contributed by atoms with Crippen LogP contribution >= 0.6 is 0 Å². The van der Waals surface area contributed by atoms with Crippen LogP contribution in [0.2, 0.25) is 0 Å². The van der Waals surface area contributed by atoms with Crippen LogP contribution in [0.3, 0.4) is 0 Å². The van der Waals surface area contributed by atoms with Crippen LogP contribution in [-0.2, 0) is 10.9 Å². The second-order valence-corrected chi connectivity index (χ2v) is 9.50. The summed E-state index contributed by atoms with van der Waals surface area (Å²) in [6.07, 6.45) is 0. The van der Waals surface area contributed by atoms with Crippen molar-refractivity contribution in [3.05, 3.63) is 72.8 Å². The third-order valence-corrected chi connectivity index (χ3v) is 7.00. The Morgan fingerprint density at radius 2 is 0.607 bits per heavy atom. The summed E-state index contributed by atoms with van der Waals surface area (Å²) in [6.45, 7) is 0. The predicted octanol–water partition coefficient (Wildman–Crippen LogP) is 4.98. The summed E-state index contributed by atoms with van der Waals surface area (Å²) in [5.74, 6) is 0. The molecule has 3 aromatic rings. The molecule has 0 saturated carbocycles. The zero-order valence-corrected chi connectivity index (χ0v) is 18.5. The van der Waals surface area contributed by atoms with Gasteiger partial charge in [0.1, 0.15) is 0 Å². The van der Waals surface area contributed by atoms with Crippen LogP contribution in [0.4, 0.5) is 17.1 Å². The molecule has 3 aromatic carbocycles. The molecule has 146 valence electrons. The van der Waals surface area contributed by atoms with Crippen molar-refractivity contribution in [2.75, 3.05) is 57.0 Å². The first-order valence-corrected chi connectivity index (χ1v) is 10.7. The molecule has 0 bridgehead atoms. The number of anilines is 3. The quantitative estimate of drug-likeness (QED) is 0.548. The van der Waals surface area contributed by atoms with Gasteiger partial charge in [-0.15, -0.1) is 0 Å². The van der Waals surface area contributed by atoms with E-state index in [1.165, 1.54) is 31.7 Å². The summed E-state index contributed by atoms with van der Waals surface area (Å²) in [5.41, 5.74) is 3.66. The summed E-state index contributed by atoms with van der Waals surface area (Å²) >= 11 is 0. The number of nitrogens with zero attached hydrogens (tertiary/aromatic N) is 3. The maximum atomic E-state index is 2.26. The Labute approximate surface area is 172 Å². The molecular formula is C24H30N3S+. The van der Waals surface area contributed by atoms with E-state index >= 15 is 0 Å². The van der Waals surface area contributed by atoms with Crippen LogP contribution in [0.1, 0.15) is 0 Å². The molecule has 28 heavy (non-hydrogen) atoms. The van der Waals surface area contributed by atoms with E-state index in [4.69, 9.17) is 0 Å². The SMILES string of the molecule is CN(C)c1ccc([S+](c2ccc(N(C)C)cc2)c2ccc(N(C)C)cc2)cc1. The van der Waals surface area contributed by atoms with E-state index < -0.39 is 0 Å². The average molecular weight is 393 g/mol. The van der Waals surface area contributed by atoms with Crippen LogP contribution in [0.25, 0.3) is 0 Å². The van der Waals surface area contributed by atoms with Crippen molar-refractivity contribution in [3.8, 4) is 0 Å². The lowest BCUT2D eigenvalue weighted by atomic mass is 10.3. The number of benzene rings is 3. The lowest BCUT2D eigenvalue weighted by molar-refractivity contribution is 1.12. The van der Waals surface area contributed by atoms with E-state index in [0.29, 0.717) is 0 Å². The van der Waals surface area contributed by atoms with Crippen molar-refractivity contribution in [2.24, 2.45) is 0 Å². The molecule has 0 aromatic heterocycles.